The van der Waals surface area contributed by atoms with E-state index in [9.17, 15) is 18.0 Å². The molecule has 0 fully saturated rings. The summed E-state index contributed by atoms with van der Waals surface area (Å²) in [4.78, 5) is 12.4. The molecule has 0 rings (SSSR count). The molecule has 0 spiro atoms. The molecule has 0 aromatic rings. The number of aliphatic carboxylic acids is 1. The van der Waals surface area contributed by atoms with E-state index in [0.717, 1.165) is 0 Å². The molecule has 0 amide bonds. The minimum Gasteiger partial charge on any atom is -0.481 e. The van der Waals surface area contributed by atoms with Crippen LogP contribution in [0, 0.1) is 5.92 Å². The quantitative estimate of drug-likeness (QED) is 0.760. The number of hydrogen-bond acceptors (Lipinski definition) is 2. The van der Waals surface area contributed by atoms with Gasteiger partial charge in [-0.2, -0.15) is 13.2 Å². The zero-order chi connectivity index (χ0) is 13.6. The van der Waals surface area contributed by atoms with Crippen molar-refractivity contribution < 1.29 is 23.1 Å². The Morgan fingerprint density at radius 3 is 2.29 bits per heavy atom. The summed E-state index contributed by atoms with van der Waals surface area (Å²) in [7, 11) is 1.73. The number of rotatable bonds is 7. The van der Waals surface area contributed by atoms with Gasteiger partial charge in [-0.1, -0.05) is 6.92 Å². The van der Waals surface area contributed by atoms with Crippen LogP contribution in [0.2, 0.25) is 0 Å². The molecule has 6 heteroatoms. The minimum absolute atomic E-state index is 0.0425. The van der Waals surface area contributed by atoms with E-state index in [-0.39, 0.29) is 12.5 Å². The van der Waals surface area contributed by atoms with Crippen molar-refractivity contribution in [3.8, 4) is 0 Å². The van der Waals surface area contributed by atoms with Crippen molar-refractivity contribution in [3.63, 3.8) is 0 Å². The Morgan fingerprint density at radius 2 is 1.88 bits per heavy atom. The van der Waals surface area contributed by atoms with Gasteiger partial charge < -0.3 is 10.0 Å². The Hall–Kier alpha value is -0.780. The van der Waals surface area contributed by atoms with Gasteiger partial charge in [-0.25, -0.2) is 0 Å². The summed E-state index contributed by atoms with van der Waals surface area (Å²) in [6.45, 7) is 3.74. The Morgan fingerprint density at radius 1 is 1.35 bits per heavy atom. The molecule has 0 aromatic carbocycles. The highest BCUT2D eigenvalue weighted by Crippen LogP contribution is 2.23. The maximum atomic E-state index is 11.9. The summed E-state index contributed by atoms with van der Waals surface area (Å²) in [6, 6.07) is -0.0425. The SMILES string of the molecule is CC(CN(C)C(C)CCCC(F)(F)F)C(=O)O. The fraction of sp³-hybridized carbons (Fsp3) is 0.909. The molecule has 2 atom stereocenters. The largest absolute Gasteiger partial charge is 0.481 e. The van der Waals surface area contributed by atoms with Crippen molar-refractivity contribution in [2.45, 2.75) is 45.3 Å². The lowest BCUT2D eigenvalue weighted by atomic mass is 10.1. The first kappa shape index (κ1) is 16.2. The van der Waals surface area contributed by atoms with Gasteiger partial charge in [0.15, 0.2) is 0 Å². The Balaban J connectivity index is 3.90. The number of carbonyl (C=O) groups is 1. The zero-order valence-corrected chi connectivity index (χ0v) is 10.4. The second-order valence-electron chi connectivity index (χ2n) is 4.54. The molecule has 0 saturated carbocycles. The number of carboxylic acids is 1. The van der Waals surface area contributed by atoms with E-state index in [1.807, 2.05) is 6.92 Å². The average Bonchev–Trinajstić information content (AvgIpc) is 2.15. The number of nitrogens with zero attached hydrogens (tertiary/aromatic N) is 1. The van der Waals surface area contributed by atoms with Crippen LogP contribution in [0.4, 0.5) is 13.2 Å². The van der Waals surface area contributed by atoms with Crippen molar-refractivity contribution >= 4 is 5.97 Å². The predicted molar refractivity (Wildman–Crippen MR) is 58.8 cm³/mol. The Labute approximate surface area is 99.6 Å². The Bertz CT molecular complexity index is 243. The topological polar surface area (TPSA) is 40.5 Å². The molecule has 2 unspecified atom stereocenters. The normalized spacial score (nSPS) is 15.9. The Kier molecular flexibility index (Phi) is 6.52. The minimum atomic E-state index is -4.10. The highest BCUT2D eigenvalue weighted by atomic mass is 19.4. The third-order valence-corrected chi connectivity index (χ3v) is 2.82. The van der Waals surface area contributed by atoms with E-state index in [0.29, 0.717) is 13.0 Å². The van der Waals surface area contributed by atoms with Gasteiger partial charge in [0.25, 0.3) is 0 Å². The molecular weight excluding hydrogens is 235 g/mol. The van der Waals surface area contributed by atoms with Gasteiger partial charge in [0.1, 0.15) is 0 Å². The van der Waals surface area contributed by atoms with Crippen molar-refractivity contribution in [2.75, 3.05) is 13.6 Å². The predicted octanol–water partition coefficient (Wildman–Crippen LogP) is 2.76. The smallest absolute Gasteiger partial charge is 0.389 e. The van der Waals surface area contributed by atoms with Gasteiger partial charge in [0, 0.05) is 19.0 Å². The maximum absolute atomic E-state index is 11.9. The van der Waals surface area contributed by atoms with Crippen LogP contribution in [0.1, 0.15) is 33.1 Å². The first-order chi connectivity index (χ1) is 7.63. The monoisotopic (exact) mass is 255 g/mol. The molecule has 0 aromatic heterocycles. The van der Waals surface area contributed by atoms with Crippen molar-refractivity contribution in [1.82, 2.24) is 4.90 Å². The van der Waals surface area contributed by atoms with Crippen LogP contribution in [0.3, 0.4) is 0 Å². The first-order valence-electron chi connectivity index (χ1n) is 5.63. The summed E-state index contributed by atoms with van der Waals surface area (Å²) in [5.41, 5.74) is 0. The van der Waals surface area contributed by atoms with Gasteiger partial charge in [-0.3, -0.25) is 4.79 Å². The van der Waals surface area contributed by atoms with Gasteiger partial charge in [0.05, 0.1) is 5.92 Å². The molecule has 0 radical (unpaired) electrons. The van der Waals surface area contributed by atoms with Gasteiger partial charge in [-0.05, 0) is 26.8 Å². The molecule has 17 heavy (non-hydrogen) atoms. The second-order valence-corrected chi connectivity index (χ2v) is 4.54. The van der Waals surface area contributed by atoms with Crippen LogP contribution in [0.25, 0.3) is 0 Å². The lowest BCUT2D eigenvalue weighted by Gasteiger charge is -2.26. The fourth-order valence-corrected chi connectivity index (χ4v) is 1.51. The molecule has 0 aliphatic carbocycles. The highest BCUT2D eigenvalue weighted by molar-refractivity contribution is 5.69. The van der Waals surface area contributed by atoms with Crippen LogP contribution < -0.4 is 0 Å². The first-order valence-corrected chi connectivity index (χ1v) is 5.63. The number of alkyl halides is 3. The van der Waals surface area contributed by atoms with E-state index < -0.39 is 24.5 Å². The summed E-state index contributed by atoms with van der Waals surface area (Å²) in [5.74, 6) is -1.40. The van der Waals surface area contributed by atoms with Crippen LogP contribution in [0.5, 0.6) is 0 Å². The van der Waals surface area contributed by atoms with Gasteiger partial charge in [-0.15, -0.1) is 0 Å². The van der Waals surface area contributed by atoms with E-state index in [2.05, 4.69) is 0 Å². The summed E-state index contributed by atoms with van der Waals surface area (Å²) < 4.78 is 35.8. The number of carboxylic acid groups (broad SMARTS) is 1. The molecule has 0 bridgehead atoms. The van der Waals surface area contributed by atoms with Gasteiger partial charge in [0.2, 0.25) is 0 Å². The van der Waals surface area contributed by atoms with Crippen molar-refractivity contribution in [2.24, 2.45) is 5.92 Å². The van der Waals surface area contributed by atoms with E-state index in [4.69, 9.17) is 5.11 Å². The lowest BCUT2D eigenvalue weighted by molar-refractivity contribution is -0.141. The van der Waals surface area contributed by atoms with Crippen molar-refractivity contribution in [3.05, 3.63) is 0 Å². The summed E-state index contributed by atoms with van der Waals surface area (Å²) >= 11 is 0. The molecular formula is C11H20F3NO2. The van der Waals surface area contributed by atoms with Gasteiger partial charge >= 0.3 is 12.1 Å². The molecule has 0 aliphatic rings. The highest BCUT2D eigenvalue weighted by Gasteiger charge is 2.27. The second kappa shape index (κ2) is 6.83. The third kappa shape index (κ3) is 8.01. The summed E-state index contributed by atoms with van der Waals surface area (Å²) in [5, 5.41) is 8.72. The average molecular weight is 255 g/mol. The fourth-order valence-electron chi connectivity index (χ4n) is 1.51. The lowest BCUT2D eigenvalue weighted by Crippen LogP contribution is -2.35. The molecule has 102 valence electrons. The summed E-state index contributed by atoms with van der Waals surface area (Å²) in [6.07, 6.45) is -4.38. The molecule has 3 nitrogen and oxygen atoms in total. The van der Waals surface area contributed by atoms with Crippen LogP contribution in [-0.4, -0.2) is 41.8 Å². The van der Waals surface area contributed by atoms with E-state index in [1.54, 1.807) is 18.9 Å². The third-order valence-electron chi connectivity index (χ3n) is 2.82. The standard InChI is InChI=1S/C11H20F3NO2/c1-8(10(16)17)7-15(3)9(2)5-4-6-11(12,13)14/h8-9H,4-7H2,1-3H3,(H,16,17). The number of halogens is 3. The van der Waals surface area contributed by atoms with Crippen LogP contribution in [0.15, 0.2) is 0 Å². The molecule has 0 heterocycles. The van der Waals surface area contributed by atoms with Crippen molar-refractivity contribution in [1.29, 1.82) is 0 Å². The van der Waals surface area contributed by atoms with Crippen LogP contribution in [-0.2, 0) is 4.79 Å². The zero-order valence-electron chi connectivity index (χ0n) is 10.4. The van der Waals surface area contributed by atoms with E-state index >= 15 is 0 Å². The molecule has 0 saturated heterocycles. The maximum Gasteiger partial charge on any atom is 0.389 e. The molecule has 0 aliphatic heterocycles. The molecule has 1 N–H and O–H groups in total. The van der Waals surface area contributed by atoms with E-state index in [1.165, 1.54) is 0 Å². The number of hydrogen-bond donors (Lipinski definition) is 1. The van der Waals surface area contributed by atoms with Crippen LogP contribution >= 0.6 is 0 Å².